The molecule has 0 spiro atoms. The van der Waals surface area contributed by atoms with Crippen molar-refractivity contribution in [3.63, 3.8) is 0 Å². The van der Waals surface area contributed by atoms with Crippen LogP contribution in [0, 0.1) is 13.8 Å². The molecule has 0 radical (unpaired) electrons. The second-order valence-electron chi connectivity index (χ2n) is 6.26. The zero-order chi connectivity index (χ0) is 18.3. The van der Waals surface area contributed by atoms with E-state index in [1.54, 1.807) is 10.9 Å². The summed E-state index contributed by atoms with van der Waals surface area (Å²) >= 11 is 0. The molecule has 4 rings (SSSR count). The first-order valence-electron chi connectivity index (χ1n) is 8.38. The summed E-state index contributed by atoms with van der Waals surface area (Å²) in [5.74, 6) is 0.927. The highest BCUT2D eigenvalue weighted by atomic mass is 16.4. The van der Waals surface area contributed by atoms with Gasteiger partial charge < -0.3 is 4.42 Å². The lowest BCUT2D eigenvalue weighted by molar-refractivity contribution is 0.439. The van der Waals surface area contributed by atoms with Crippen molar-refractivity contribution in [2.45, 2.75) is 33.7 Å². The summed E-state index contributed by atoms with van der Waals surface area (Å²) in [4.78, 5) is 17.2. The number of rotatable bonds is 4. The van der Waals surface area contributed by atoms with Crippen molar-refractivity contribution < 1.29 is 4.42 Å². The van der Waals surface area contributed by atoms with Crippen molar-refractivity contribution in [3.8, 4) is 5.69 Å². The summed E-state index contributed by atoms with van der Waals surface area (Å²) < 4.78 is 8.60. The third-order valence-electron chi connectivity index (χ3n) is 4.12. The summed E-state index contributed by atoms with van der Waals surface area (Å²) in [6.45, 7) is 6.16. The van der Waals surface area contributed by atoms with E-state index < -0.39 is 0 Å². The van der Waals surface area contributed by atoms with E-state index >= 15 is 0 Å². The van der Waals surface area contributed by atoms with Crippen LogP contribution in [0.4, 0.5) is 0 Å². The first-order chi connectivity index (χ1) is 12.5. The maximum Gasteiger partial charge on any atom is 0.264 e. The standard InChI is InChI=1S/C18H18N6O2/c1-4-15-21-22-16(26-15)9-23-10-19-17-14(18(23)25)8-20-24(17)13-6-11(2)5-12(3)7-13/h5-8,10H,4,9H2,1-3H3. The van der Waals surface area contributed by atoms with E-state index in [4.69, 9.17) is 4.42 Å². The van der Waals surface area contributed by atoms with Crippen LogP contribution in [-0.2, 0) is 13.0 Å². The van der Waals surface area contributed by atoms with Crippen molar-refractivity contribution in [1.29, 1.82) is 0 Å². The van der Waals surface area contributed by atoms with Gasteiger partial charge in [-0.15, -0.1) is 10.2 Å². The van der Waals surface area contributed by atoms with E-state index in [9.17, 15) is 4.79 Å². The Morgan fingerprint density at radius 1 is 1.08 bits per heavy atom. The molecule has 26 heavy (non-hydrogen) atoms. The van der Waals surface area contributed by atoms with E-state index in [0.717, 1.165) is 16.8 Å². The fourth-order valence-corrected chi connectivity index (χ4v) is 2.96. The average Bonchev–Trinajstić information content (AvgIpc) is 3.23. The van der Waals surface area contributed by atoms with Crippen LogP contribution < -0.4 is 5.56 Å². The number of nitrogens with zero attached hydrogens (tertiary/aromatic N) is 6. The van der Waals surface area contributed by atoms with Gasteiger partial charge in [0.25, 0.3) is 5.56 Å². The minimum absolute atomic E-state index is 0.184. The summed E-state index contributed by atoms with van der Waals surface area (Å²) in [6, 6.07) is 6.11. The van der Waals surface area contributed by atoms with Crippen molar-refractivity contribution in [2.24, 2.45) is 0 Å². The first kappa shape index (κ1) is 16.2. The molecule has 0 unspecified atom stereocenters. The van der Waals surface area contributed by atoms with Crippen LogP contribution >= 0.6 is 0 Å². The molecule has 8 nitrogen and oxygen atoms in total. The lowest BCUT2D eigenvalue weighted by Crippen LogP contribution is -2.21. The zero-order valence-corrected chi connectivity index (χ0v) is 14.8. The van der Waals surface area contributed by atoms with Gasteiger partial charge in [-0.05, 0) is 37.1 Å². The van der Waals surface area contributed by atoms with Crippen LogP contribution in [0.15, 0.2) is 39.9 Å². The molecular weight excluding hydrogens is 332 g/mol. The summed E-state index contributed by atoms with van der Waals surface area (Å²) in [5, 5.41) is 12.7. The highest BCUT2D eigenvalue weighted by Gasteiger charge is 2.14. The van der Waals surface area contributed by atoms with Crippen LogP contribution in [0.1, 0.15) is 29.8 Å². The minimum Gasteiger partial charge on any atom is -0.423 e. The first-order valence-corrected chi connectivity index (χ1v) is 8.38. The molecule has 0 saturated carbocycles. The number of hydrogen-bond donors (Lipinski definition) is 0. The normalized spacial score (nSPS) is 11.3. The summed E-state index contributed by atoms with van der Waals surface area (Å²) in [5.41, 5.74) is 3.46. The maximum absolute atomic E-state index is 12.8. The fourth-order valence-electron chi connectivity index (χ4n) is 2.96. The molecule has 0 fully saturated rings. The number of aryl methyl sites for hydroxylation is 3. The molecule has 8 heteroatoms. The Hall–Kier alpha value is -3.29. The second kappa shape index (κ2) is 6.21. The molecule has 0 amide bonds. The van der Waals surface area contributed by atoms with Gasteiger partial charge in [-0.3, -0.25) is 9.36 Å². The number of benzene rings is 1. The van der Waals surface area contributed by atoms with Crippen molar-refractivity contribution in [3.05, 3.63) is 64.0 Å². The Balaban J connectivity index is 1.76. The van der Waals surface area contributed by atoms with Crippen molar-refractivity contribution >= 4 is 11.0 Å². The van der Waals surface area contributed by atoms with E-state index in [1.165, 1.54) is 10.9 Å². The molecular formula is C18H18N6O2. The number of aromatic nitrogens is 6. The summed E-state index contributed by atoms with van der Waals surface area (Å²) in [6.07, 6.45) is 3.69. The molecule has 0 N–H and O–H groups in total. The van der Waals surface area contributed by atoms with E-state index in [0.29, 0.717) is 29.2 Å². The Kier molecular flexibility index (Phi) is 3.87. The molecule has 132 valence electrons. The highest BCUT2D eigenvalue weighted by Crippen LogP contribution is 2.17. The largest absolute Gasteiger partial charge is 0.423 e. The van der Waals surface area contributed by atoms with Crippen LogP contribution in [0.5, 0.6) is 0 Å². The Labute approximate surface area is 149 Å². The van der Waals surface area contributed by atoms with Gasteiger partial charge in [0, 0.05) is 6.42 Å². The molecule has 4 aromatic rings. The topological polar surface area (TPSA) is 91.6 Å². The van der Waals surface area contributed by atoms with E-state index in [-0.39, 0.29) is 12.1 Å². The molecule has 0 bridgehead atoms. The maximum atomic E-state index is 12.8. The number of hydrogen-bond acceptors (Lipinski definition) is 6. The average molecular weight is 350 g/mol. The van der Waals surface area contributed by atoms with Crippen LogP contribution in [0.25, 0.3) is 16.7 Å². The zero-order valence-electron chi connectivity index (χ0n) is 14.8. The molecule has 0 aliphatic rings. The smallest absolute Gasteiger partial charge is 0.264 e. The van der Waals surface area contributed by atoms with Crippen LogP contribution in [0.3, 0.4) is 0 Å². The van der Waals surface area contributed by atoms with Gasteiger partial charge in [0.1, 0.15) is 18.3 Å². The predicted octanol–water partition coefficient (Wildman–Crippen LogP) is 2.19. The third kappa shape index (κ3) is 2.79. The van der Waals surface area contributed by atoms with Gasteiger partial charge in [0.05, 0.1) is 11.9 Å². The van der Waals surface area contributed by atoms with Crippen molar-refractivity contribution in [1.82, 2.24) is 29.5 Å². The lowest BCUT2D eigenvalue weighted by Gasteiger charge is -2.07. The third-order valence-corrected chi connectivity index (χ3v) is 4.12. The Bertz CT molecular complexity index is 1130. The van der Waals surface area contributed by atoms with Gasteiger partial charge in [0.15, 0.2) is 5.65 Å². The minimum atomic E-state index is -0.193. The fraction of sp³-hybridized carbons (Fsp3) is 0.278. The van der Waals surface area contributed by atoms with Gasteiger partial charge in [-0.1, -0.05) is 13.0 Å². The van der Waals surface area contributed by atoms with Gasteiger partial charge in [-0.25, -0.2) is 9.67 Å². The molecule has 0 atom stereocenters. The van der Waals surface area contributed by atoms with Crippen LogP contribution in [-0.4, -0.2) is 29.5 Å². The number of fused-ring (bicyclic) bond motifs is 1. The quantitative estimate of drug-likeness (QED) is 0.560. The van der Waals surface area contributed by atoms with Crippen molar-refractivity contribution in [2.75, 3.05) is 0 Å². The van der Waals surface area contributed by atoms with E-state index in [1.807, 2.05) is 32.9 Å². The predicted molar refractivity (Wildman–Crippen MR) is 95.4 cm³/mol. The molecule has 0 aliphatic carbocycles. The van der Waals surface area contributed by atoms with Gasteiger partial charge in [0.2, 0.25) is 11.8 Å². The van der Waals surface area contributed by atoms with Crippen LogP contribution in [0.2, 0.25) is 0 Å². The molecule has 3 heterocycles. The second-order valence-corrected chi connectivity index (χ2v) is 6.26. The van der Waals surface area contributed by atoms with Gasteiger partial charge in [-0.2, -0.15) is 5.10 Å². The molecule has 0 aliphatic heterocycles. The monoisotopic (exact) mass is 350 g/mol. The molecule has 3 aromatic heterocycles. The Morgan fingerprint density at radius 3 is 2.50 bits per heavy atom. The van der Waals surface area contributed by atoms with Gasteiger partial charge >= 0.3 is 0 Å². The highest BCUT2D eigenvalue weighted by molar-refractivity contribution is 5.75. The van der Waals surface area contributed by atoms with E-state index in [2.05, 4.69) is 26.3 Å². The SMILES string of the molecule is CCc1nnc(Cn2cnc3c(cnn3-c3cc(C)cc(C)c3)c2=O)o1. The lowest BCUT2D eigenvalue weighted by atomic mass is 10.1. The Morgan fingerprint density at radius 2 is 1.81 bits per heavy atom. The summed E-state index contributed by atoms with van der Waals surface area (Å²) in [7, 11) is 0. The molecule has 1 aromatic carbocycles. The molecule has 0 saturated heterocycles.